The lowest BCUT2D eigenvalue weighted by molar-refractivity contribution is -0.116. The van der Waals surface area contributed by atoms with Gasteiger partial charge < -0.3 is 10.2 Å². The van der Waals surface area contributed by atoms with Gasteiger partial charge in [-0.1, -0.05) is 12.1 Å². The van der Waals surface area contributed by atoms with Gasteiger partial charge in [-0.25, -0.2) is 4.39 Å². The van der Waals surface area contributed by atoms with Crippen LogP contribution in [0, 0.1) is 5.82 Å². The third-order valence-corrected chi connectivity index (χ3v) is 4.51. The number of carbonyl (C=O) groups is 1. The van der Waals surface area contributed by atoms with Gasteiger partial charge in [0.1, 0.15) is 11.6 Å². The first-order valence-corrected chi connectivity index (χ1v) is 8.47. The monoisotopic (exact) mass is 330 g/mol. The number of likely N-dealkylation sites (tertiary alicyclic amines) is 1. The van der Waals surface area contributed by atoms with Crippen LogP contribution in [-0.4, -0.2) is 40.1 Å². The maximum atomic E-state index is 13.3. The molecule has 2 N–H and O–H groups in total. The molecule has 1 aliphatic rings. The van der Waals surface area contributed by atoms with Gasteiger partial charge in [0.05, 0.1) is 5.69 Å². The lowest BCUT2D eigenvalue weighted by Crippen LogP contribution is -2.28. The predicted molar refractivity (Wildman–Crippen MR) is 92.1 cm³/mol. The number of nitrogens with one attached hydrogen (secondary N) is 2. The minimum absolute atomic E-state index is 0.0312. The van der Waals surface area contributed by atoms with Gasteiger partial charge in [0, 0.05) is 24.1 Å². The fraction of sp³-hybridized carbons (Fsp3) is 0.444. The summed E-state index contributed by atoms with van der Waals surface area (Å²) in [7, 11) is 0. The van der Waals surface area contributed by atoms with Gasteiger partial charge in [-0.3, -0.25) is 9.89 Å². The van der Waals surface area contributed by atoms with E-state index in [9.17, 15) is 9.18 Å². The average molecular weight is 330 g/mol. The first kappa shape index (κ1) is 16.6. The number of amides is 1. The normalized spacial score (nSPS) is 18.0. The molecule has 0 bridgehead atoms. The van der Waals surface area contributed by atoms with Gasteiger partial charge in [-0.05, 0) is 51.4 Å². The summed E-state index contributed by atoms with van der Waals surface area (Å²) in [4.78, 5) is 14.5. The van der Waals surface area contributed by atoms with Gasteiger partial charge in [0.15, 0.2) is 0 Å². The zero-order chi connectivity index (χ0) is 16.9. The molecule has 1 saturated heterocycles. The Hall–Kier alpha value is -2.21. The molecule has 1 atom stereocenters. The highest BCUT2D eigenvalue weighted by Crippen LogP contribution is 2.21. The van der Waals surface area contributed by atoms with Crippen molar-refractivity contribution in [3.8, 4) is 11.3 Å². The van der Waals surface area contributed by atoms with E-state index in [-0.39, 0.29) is 11.7 Å². The van der Waals surface area contributed by atoms with E-state index in [0.717, 1.165) is 19.5 Å². The Bertz CT molecular complexity index is 700. The van der Waals surface area contributed by atoms with E-state index in [1.165, 1.54) is 25.0 Å². The van der Waals surface area contributed by atoms with Crippen molar-refractivity contribution in [1.82, 2.24) is 15.1 Å². The van der Waals surface area contributed by atoms with E-state index >= 15 is 0 Å². The minimum atomic E-state index is -0.308. The Labute approximate surface area is 141 Å². The van der Waals surface area contributed by atoms with Crippen LogP contribution in [-0.2, 0) is 4.79 Å². The number of hydrogen-bond acceptors (Lipinski definition) is 3. The standard InChI is InChI=1S/C18H23FN4O/c1-13-5-3-9-23(13)10-4-8-18(24)20-17-12-16(21-22-17)14-6-2-7-15(19)11-14/h2,6-7,11-13H,3-5,8-10H2,1H3,(H2,20,21,22,24)/t13-/m0/s1. The molecule has 2 aromatic rings. The summed E-state index contributed by atoms with van der Waals surface area (Å²) in [6.07, 6.45) is 3.84. The number of rotatable bonds is 6. The van der Waals surface area contributed by atoms with Gasteiger partial charge >= 0.3 is 0 Å². The average Bonchev–Trinajstić information content (AvgIpc) is 3.17. The minimum Gasteiger partial charge on any atom is -0.311 e. The number of anilines is 1. The van der Waals surface area contributed by atoms with Crippen LogP contribution in [0.1, 0.15) is 32.6 Å². The van der Waals surface area contributed by atoms with Crippen molar-refractivity contribution in [3.63, 3.8) is 0 Å². The Morgan fingerprint density at radius 2 is 2.33 bits per heavy atom. The molecule has 6 heteroatoms. The molecule has 3 rings (SSSR count). The van der Waals surface area contributed by atoms with Crippen molar-refractivity contribution < 1.29 is 9.18 Å². The molecule has 0 unspecified atom stereocenters. The van der Waals surface area contributed by atoms with Crippen LogP contribution in [0.25, 0.3) is 11.3 Å². The Morgan fingerprint density at radius 3 is 3.08 bits per heavy atom. The van der Waals surface area contributed by atoms with Gasteiger partial charge in [-0.15, -0.1) is 0 Å². The molecule has 24 heavy (non-hydrogen) atoms. The van der Waals surface area contributed by atoms with Crippen molar-refractivity contribution in [2.24, 2.45) is 0 Å². The molecule has 1 aliphatic heterocycles. The lowest BCUT2D eigenvalue weighted by Gasteiger charge is -2.20. The molecule has 5 nitrogen and oxygen atoms in total. The molecule has 1 fully saturated rings. The second-order valence-corrected chi connectivity index (χ2v) is 6.36. The van der Waals surface area contributed by atoms with Gasteiger partial charge in [0.25, 0.3) is 0 Å². The lowest BCUT2D eigenvalue weighted by atomic mass is 10.1. The second kappa shape index (κ2) is 7.57. The number of carbonyl (C=O) groups excluding carboxylic acids is 1. The number of aromatic amines is 1. The maximum absolute atomic E-state index is 13.3. The molecular formula is C18H23FN4O. The summed E-state index contributed by atoms with van der Waals surface area (Å²) in [6.45, 7) is 4.35. The number of hydrogen-bond donors (Lipinski definition) is 2. The summed E-state index contributed by atoms with van der Waals surface area (Å²) in [5.41, 5.74) is 1.28. The second-order valence-electron chi connectivity index (χ2n) is 6.36. The molecule has 1 aromatic carbocycles. The van der Waals surface area contributed by atoms with E-state index in [1.54, 1.807) is 18.2 Å². The molecule has 1 amide bonds. The Morgan fingerprint density at radius 1 is 1.46 bits per heavy atom. The van der Waals surface area contributed by atoms with E-state index in [2.05, 4.69) is 27.3 Å². The molecule has 0 saturated carbocycles. The zero-order valence-corrected chi connectivity index (χ0v) is 13.9. The number of nitrogens with zero attached hydrogens (tertiary/aromatic N) is 2. The third kappa shape index (κ3) is 4.20. The number of benzene rings is 1. The summed E-state index contributed by atoms with van der Waals surface area (Å²) in [5.74, 6) is 0.197. The van der Waals surface area contributed by atoms with Crippen molar-refractivity contribution in [3.05, 3.63) is 36.1 Å². The van der Waals surface area contributed by atoms with Crippen molar-refractivity contribution in [1.29, 1.82) is 0 Å². The van der Waals surface area contributed by atoms with Crippen LogP contribution in [0.15, 0.2) is 30.3 Å². The summed E-state index contributed by atoms with van der Waals surface area (Å²) < 4.78 is 13.3. The van der Waals surface area contributed by atoms with E-state index < -0.39 is 0 Å². The Balaban J connectivity index is 1.48. The van der Waals surface area contributed by atoms with Crippen LogP contribution < -0.4 is 5.32 Å². The topological polar surface area (TPSA) is 61.0 Å². The van der Waals surface area contributed by atoms with Crippen LogP contribution in [0.4, 0.5) is 10.2 Å². The smallest absolute Gasteiger partial charge is 0.225 e. The summed E-state index contributed by atoms with van der Waals surface area (Å²) in [6, 6.07) is 8.57. The van der Waals surface area contributed by atoms with Gasteiger partial charge in [-0.2, -0.15) is 5.10 Å². The molecule has 1 aromatic heterocycles. The van der Waals surface area contributed by atoms with E-state index in [1.807, 2.05) is 0 Å². The van der Waals surface area contributed by atoms with Crippen LogP contribution in [0.5, 0.6) is 0 Å². The van der Waals surface area contributed by atoms with E-state index in [4.69, 9.17) is 0 Å². The molecule has 2 heterocycles. The number of halogens is 1. The van der Waals surface area contributed by atoms with Crippen LogP contribution in [0.2, 0.25) is 0 Å². The predicted octanol–water partition coefficient (Wildman–Crippen LogP) is 3.42. The zero-order valence-electron chi connectivity index (χ0n) is 13.9. The first-order chi connectivity index (χ1) is 11.6. The Kier molecular flexibility index (Phi) is 5.25. The maximum Gasteiger partial charge on any atom is 0.225 e. The number of H-pyrrole nitrogens is 1. The highest BCUT2D eigenvalue weighted by Gasteiger charge is 2.19. The van der Waals surface area contributed by atoms with Crippen molar-refractivity contribution in [2.45, 2.75) is 38.6 Å². The summed E-state index contributed by atoms with van der Waals surface area (Å²) >= 11 is 0. The fourth-order valence-corrected chi connectivity index (χ4v) is 3.16. The largest absolute Gasteiger partial charge is 0.311 e. The molecule has 0 aliphatic carbocycles. The highest BCUT2D eigenvalue weighted by molar-refractivity contribution is 5.90. The first-order valence-electron chi connectivity index (χ1n) is 8.47. The van der Waals surface area contributed by atoms with Crippen molar-refractivity contribution >= 4 is 11.7 Å². The molecule has 0 radical (unpaired) electrons. The van der Waals surface area contributed by atoms with Crippen LogP contribution >= 0.6 is 0 Å². The van der Waals surface area contributed by atoms with Crippen LogP contribution in [0.3, 0.4) is 0 Å². The molecule has 0 spiro atoms. The third-order valence-electron chi connectivity index (χ3n) is 4.51. The summed E-state index contributed by atoms with van der Waals surface area (Å²) in [5, 5.41) is 9.71. The highest BCUT2D eigenvalue weighted by atomic mass is 19.1. The van der Waals surface area contributed by atoms with Crippen molar-refractivity contribution in [2.75, 3.05) is 18.4 Å². The quantitative estimate of drug-likeness (QED) is 0.853. The molecule has 128 valence electrons. The number of aromatic nitrogens is 2. The fourth-order valence-electron chi connectivity index (χ4n) is 3.16. The van der Waals surface area contributed by atoms with E-state index in [0.29, 0.717) is 29.5 Å². The SMILES string of the molecule is C[C@H]1CCCN1CCCC(=O)Nc1cc(-c2cccc(F)c2)n[nH]1. The van der Waals surface area contributed by atoms with Gasteiger partial charge in [0.2, 0.25) is 5.91 Å². The molecular weight excluding hydrogens is 307 g/mol.